The number of aromatic amines is 1. The predicted molar refractivity (Wildman–Crippen MR) is 90.5 cm³/mol. The number of H-pyrrole nitrogens is 1. The molecule has 1 amide bonds. The number of amides is 1. The fourth-order valence-electron chi connectivity index (χ4n) is 2.12. The summed E-state index contributed by atoms with van der Waals surface area (Å²) in [7, 11) is 0. The van der Waals surface area contributed by atoms with E-state index < -0.39 is 5.82 Å². The Hall–Kier alpha value is -2.67. The van der Waals surface area contributed by atoms with Gasteiger partial charge in [0.2, 0.25) is 0 Å². The molecule has 0 radical (unpaired) electrons. The highest BCUT2D eigenvalue weighted by Crippen LogP contribution is 2.22. The lowest BCUT2D eigenvalue weighted by Gasteiger charge is -2.07. The molecule has 0 spiro atoms. The van der Waals surface area contributed by atoms with E-state index in [2.05, 4.69) is 15.3 Å². The number of imidazole rings is 1. The summed E-state index contributed by atoms with van der Waals surface area (Å²) in [5.74, 6) is 0.0817. The first-order valence-electron chi connectivity index (χ1n) is 7.44. The van der Waals surface area contributed by atoms with E-state index in [0.717, 1.165) is 16.4 Å². The quantitative estimate of drug-likeness (QED) is 0.692. The van der Waals surface area contributed by atoms with Crippen LogP contribution in [0.25, 0.3) is 10.6 Å². The normalized spacial score (nSPS) is 10.5. The van der Waals surface area contributed by atoms with Gasteiger partial charge in [-0.2, -0.15) is 0 Å². The number of benzene rings is 1. The topological polar surface area (TPSA) is 67.0 Å². The summed E-state index contributed by atoms with van der Waals surface area (Å²) in [5, 5.41) is 4.73. The van der Waals surface area contributed by atoms with E-state index in [-0.39, 0.29) is 18.3 Å². The Labute approximate surface area is 142 Å². The molecule has 0 saturated carbocycles. The van der Waals surface area contributed by atoms with Gasteiger partial charge in [0.15, 0.2) is 18.2 Å². The summed E-state index contributed by atoms with van der Waals surface area (Å²) >= 11 is 1.64. The number of aromatic nitrogens is 2. The van der Waals surface area contributed by atoms with Crippen molar-refractivity contribution < 1.29 is 13.9 Å². The molecule has 0 aliphatic carbocycles. The number of halogens is 1. The van der Waals surface area contributed by atoms with E-state index >= 15 is 0 Å². The second kappa shape index (κ2) is 7.74. The Bertz CT molecular complexity index is 802. The van der Waals surface area contributed by atoms with Crippen molar-refractivity contribution in [2.45, 2.75) is 6.42 Å². The molecule has 0 bridgehead atoms. The van der Waals surface area contributed by atoms with E-state index in [9.17, 15) is 9.18 Å². The minimum atomic E-state index is -0.484. The van der Waals surface area contributed by atoms with Gasteiger partial charge in [0, 0.05) is 13.0 Å². The van der Waals surface area contributed by atoms with Crippen LogP contribution in [0.3, 0.4) is 0 Å². The van der Waals surface area contributed by atoms with Gasteiger partial charge in [0.05, 0.1) is 16.8 Å². The van der Waals surface area contributed by atoms with Crippen molar-refractivity contribution in [3.8, 4) is 16.3 Å². The van der Waals surface area contributed by atoms with Gasteiger partial charge < -0.3 is 15.0 Å². The number of hydrogen-bond donors (Lipinski definition) is 2. The molecule has 0 fully saturated rings. The third kappa shape index (κ3) is 4.20. The third-order valence-electron chi connectivity index (χ3n) is 3.29. The molecular formula is C17H16FN3O2S. The third-order valence-corrected chi connectivity index (χ3v) is 4.20. The smallest absolute Gasteiger partial charge is 0.257 e. The van der Waals surface area contributed by atoms with Crippen molar-refractivity contribution in [2.24, 2.45) is 0 Å². The molecule has 2 heterocycles. The van der Waals surface area contributed by atoms with Crippen molar-refractivity contribution in [1.29, 1.82) is 0 Å². The van der Waals surface area contributed by atoms with Gasteiger partial charge in [-0.15, -0.1) is 11.3 Å². The van der Waals surface area contributed by atoms with Gasteiger partial charge in [0.25, 0.3) is 5.91 Å². The zero-order valence-electron chi connectivity index (χ0n) is 12.8. The molecule has 0 atom stereocenters. The van der Waals surface area contributed by atoms with Crippen LogP contribution in [0, 0.1) is 5.82 Å². The fraction of sp³-hybridized carbons (Fsp3) is 0.176. The number of para-hydroxylation sites is 1. The molecule has 7 heteroatoms. The summed E-state index contributed by atoms with van der Waals surface area (Å²) in [6, 6.07) is 9.99. The van der Waals surface area contributed by atoms with Crippen molar-refractivity contribution in [1.82, 2.24) is 15.3 Å². The Morgan fingerprint density at radius 3 is 2.96 bits per heavy atom. The highest BCUT2D eigenvalue weighted by Gasteiger charge is 2.07. The lowest BCUT2D eigenvalue weighted by Crippen LogP contribution is -2.30. The van der Waals surface area contributed by atoms with Crippen LogP contribution in [0.5, 0.6) is 5.75 Å². The Balaban J connectivity index is 1.41. The minimum absolute atomic E-state index is 0.0688. The Morgan fingerprint density at radius 2 is 2.17 bits per heavy atom. The zero-order chi connectivity index (χ0) is 16.8. The van der Waals surface area contributed by atoms with Gasteiger partial charge in [-0.25, -0.2) is 9.37 Å². The van der Waals surface area contributed by atoms with Crippen LogP contribution in [0.2, 0.25) is 0 Å². The first-order chi connectivity index (χ1) is 11.7. The van der Waals surface area contributed by atoms with Gasteiger partial charge in [-0.3, -0.25) is 4.79 Å². The lowest BCUT2D eigenvalue weighted by atomic mass is 10.3. The monoisotopic (exact) mass is 345 g/mol. The summed E-state index contributed by atoms with van der Waals surface area (Å²) in [6.07, 6.45) is 2.36. The van der Waals surface area contributed by atoms with Crippen molar-refractivity contribution in [2.75, 3.05) is 13.2 Å². The SMILES string of the molecule is O=C(COc1ccccc1F)NCCc1ncc(-c2cccs2)[nH]1. The van der Waals surface area contributed by atoms with E-state index in [4.69, 9.17) is 4.74 Å². The van der Waals surface area contributed by atoms with E-state index in [0.29, 0.717) is 13.0 Å². The number of carbonyl (C=O) groups excluding carboxylic acids is 1. The van der Waals surface area contributed by atoms with E-state index in [1.807, 2.05) is 17.5 Å². The average Bonchev–Trinajstić information content (AvgIpc) is 3.25. The number of hydrogen-bond acceptors (Lipinski definition) is 4. The average molecular weight is 345 g/mol. The molecule has 3 aromatic rings. The van der Waals surface area contributed by atoms with Gasteiger partial charge in [-0.05, 0) is 23.6 Å². The maximum Gasteiger partial charge on any atom is 0.257 e. The van der Waals surface area contributed by atoms with E-state index in [1.165, 1.54) is 12.1 Å². The first kappa shape index (κ1) is 16.2. The van der Waals surface area contributed by atoms with Crippen LogP contribution in [-0.4, -0.2) is 29.0 Å². The maximum atomic E-state index is 13.4. The van der Waals surface area contributed by atoms with Gasteiger partial charge >= 0.3 is 0 Å². The Morgan fingerprint density at radius 1 is 1.29 bits per heavy atom. The van der Waals surface area contributed by atoms with Crippen molar-refractivity contribution in [3.05, 3.63) is 59.6 Å². The standard InChI is InChI=1S/C17H16FN3O2S/c18-12-4-1-2-5-14(12)23-11-17(22)19-8-7-16-20-10-13(21-16)15-6-3-9-24-15/h1-6,9-10H,7-8,11H2,(H,19,22)(H,20,21). The second-order valence-electron chi connectivity index (χ2n) is 5.04. The molecule has 2 N–H and O–H groups in total. The molecule has 1 aromatic carbocycles. The summed E-state index contributed by atoms with van der Waals surface area (Å²) < 4.78 is 18.5. The number of rotatable bonds is 7. The number of ether oxygens (including phenoxy) is 1. The molecule has 124 valence electrons. The lowest BCUT2D eigenvalue weighted by molar-refractivity contribution is -0.123. The summed E-state index contributed by atoms with van der Waals surface area (Å²) in [6.45, 7) is 0.205. The molecule has 0 unspecified atom stereocenters. The first-order valence-corrected chi connectivity index (χ1v) is 8.32. The molecule has 0 aliphatic heterocycles. The molecular weight excluding hydrogens is 329 g/mol. The highest BCUT2D eigenvalue weighted by atomic mass is 32.1. The van der Waals surface area contributed by atoms with Crippen LogP contribution >= 0.6 is 11.3 Å². The summed E-state index contributed by atoms with van der Waals surface area (Å²) in [5.41, 5.74) is 0.967. The maximum absolute atomic E-state index is 13.4. The molecule has 3 rings (SSSR count). The van der Waals surface area contributed by atoms with Crippen LogP contribution < -0.4 is 10.1 Å². The molecule has 0 aliphatic rings. The number of thiophene rings is 1. The number of nitrogens with zero attached hydrogens (tertiary/aromatic N) is 1. The molecule has 5 nitrogen and oxygen atoms in total. The number of carbonyl (C=O) groups is 1. The molecule has 24 heavy (non-hydrogen) atoms. The van der Waals surface area contributed by atoms with Crippen LogP contribution in [0.4, 0.5) is 4.39 Å². The predicted octanol–water partition coefficient (Wildman–Crippen LogP) is 3.02. The minimum Gasteiger partial charge on any atom is -0.481 e. The van der Waals surface area contributed by atoms with Crippen LogP contribution in [0.1, 0.15) is 5.82 Å². The van der Waals surface area contributed by atoms with Crippen LogP contribution in [-0.2, 0) is 11.2 Å². The molecule has 2 aromatic heterocycles. The van der Waals surface area contributed by atoms with Gasteiger partial charge in [0.1, 0.15) is 5.82 Å². The molecule has 0 saturated heterocycles. The fourth-order valence-corrected chi connectivity index (χ4v) is 2.81. The largest absolute Gasteiger partial charge is 0.481 e. The second-order valence-corrected chi connectivity index (χ2v) is 5.99. The Kier molecular flexibility index (Phi) is 5.22. The zero-order valence-corrected chi connectivity index (χ0v) is 13.6. The number of nitrogens with one attached hydrogen (secondary N) is 2. The van der Waals surface area contributed by atoms with Crippen molar-refractivity contribution >= 4 is 17.2 Å². The van der Waals surface area contributed by atoms with Gasteiger partial charge in [-0.1, -0.05) is 18.2 Å². The van der Waals surface area contributed by atoms with E-state index in [1.54, 1.807) is 29.7 Å². The highest BCUT2D eigenvalue weighted by molar-refractivity contribution is 7.13. The van der Waals surface area contributed by atoms with Crippen molar-refractivity contribution in [3.63, 3.8) is 0 Å². The summed E-state index contributed by atoms with van der Waals surface area (Å²) in [4.78, 5) is 20.4. The van der Waals surface area contributed by atoms with Crippen LogP contribution in [0.15, 0.2) is 48.0 Å².